The molecule has 0 fully saturated rings. The van der Waals surface area contributed by atoms with Crippen LogP contribution in [0, 0.1) is 11.6 Å². The fourth-order valence-electron chi connectivity index (χ4n) is 2.23. The van der Waals surface area contributed by atoms with Crippen molar-refractivity contribution in [1.29, 1.82) is 0 Å². The van der Waals surface area contributed by atoms with E-state index in [9.17, 15) is 18.4 Å². The maximum Gasteiger partial charge on any atom is 0.316 e. The maximum atomic E-state index is 13.7. The number of nitrogens with zero attached hydrogens (tertiary/aromatic N) is 2. The Morgan fingerprint density at radius 2 is 1.70 bits per heavy atom. The van der Waals surface area contributed by atoms with E-state index in [0.717, 1.165) is 6.07 Å². The molecular formula is C18H14F2N4O3. The molecule has 0 aliphatic rings. The fraction of sp³-hybridized carbons (Fsp3) is 0.111. The Morgan fingerprint density at radius 3 is 2.44 bits per heavy atom. The predicted molar refractivity (Wildman–Crippen MR) is 90.8 cm³/mol. The second kappa shape index (κ2) is 8.17. The first-order valence-corrected chi connectivity index (χ1v) is 7.95. The molecule has 0 saturated heterocycles. The molecule has 1 aromatic heterocycles. The molecule has 0 unspecified atom stereocenters. The van der Waals surface area contributed by atoms with Gasteiger partial charge in [-0.15, -0.1) is 0 Å². The molecule has 2 N–H and O–H groups in total. The minimum Gasteiger partial charge on any atom is -0.350 e. The molecule has 3 aromatic rings. The van der Waals surface area contributed by atoms with E-state index in [1.165, 1.54) is 36.4 Å². The van der Waals surface area contributed by atoms with Crippen molar-refractivity contribution in [3.63, 3.8) is 0 Å². The van der Waals surface area contributed by atoms with E-state index in [2.05, 4.69) is 20.8 Å². The van der Waals surface area contributed by atoms with Crippen LogP contribution in [-0.4, -0.2) is 35.0 Å². The van der Waals surface area contributed by atoms with Gasteiger partial charge in [-0.25, -0.2) is 8.78 Å². The quantitative estimate of drug-likeness (QED) is 0.647. The van der Waals surface area contributed by atoms with E-state index in [0.29, 0.717) is 0 Å². The van der Waals surface area contributed by atoms with Crippen molar-refractivity contribution in [3.8, 4) is 11.4 Å². The zero-order valence-corrected chi connectivity index (χ0v) is 13.9. The van der Waals surface area contributed by atoms with E-state index in [-0.39, 0.29) is 35.9 Å². The van der Waals surface area contributed by atoms with Crippen molar-refractivity contribution in [1.82, 2.24) is 20.8 Å². The largest absolute Gasteiger partial charge is 0.350 e. The summed E-state index contributed by atoms with van der Waals surface area (Å²) in [5.74, 6) is -2.56. The molecule has 7 nitrogen and oxygen atoms in total. The molecule has 0 atom stereocenters. The van der Waals surface area contributed by atoms with Crippen LogP contribution in [0.4, 0.5) is 8.78 Å². The lowest BCUT2D eigenvalue weighted by molar-refractivity contribution is 0.0898. The highest BCUT2D eigenvalue weighted by Gasteiger charge is 2.17. The zero-order valence-electron chi connectivity index (χ0n) is 13.9. The van der Waals surface area contributed by atoms with Gasteiger partial charge in [0.2, 0.25) is 5.82 Å². The lowest BCUT2D eigenvalue weighted by Crippen LogP contribution is -2.34. The summed E-state index contributed by atoms with van der Waals surface area (Å²) < 4.78 is 31.6. The lowest BCUT2D eigenvalue weighted by Gasteiger charge is -2.05. The van der Waals surface area contributed by atoms with Gasteiger partial charge in [-0.3, -0.25) is 9.59 Å². The minimum absolute atomic E-state index is 0.0438. The van der Waals surface area contributed by atoms with Crippen molar-refractivity contribution in [2.75, 3.05) is 13.1 Å². The lowest BCUT2D eigenvalue weighted by atomic mass is 10.2. The van der Waals surface area contributed by atoms with Crippen molar-refractivity contribution in [2.24, 2.45) is 0 Å². The van der Waals surface area contributed by atoms with Crippen LogP contribution in [-0.2, 0) is 0 Å². The van der Waals surface area contributed by atoms with Crippen LogP contribution in [0.1, 0.15) is 21.0 Å². The van der Waals surface area contributed by atoms with Gasteiger partial charge in [0, 0.05) is 18.7 Å². The third-order valence-corrected chi connectivity index (χ3v) is 3.52. The molecular weight excluding hydrogens is 358 g/mol. The Labute approximate surface area is 152 Å². The molecule has 3 rings (SSSR count). The number of hydrogen-bond donors (Lipinski definition) is 2. The molecule has 1 heterocycles. The number of amides is 2. The third-order valence-electron chi connectivity index (χ3n) is 3.52. The molecule has 0 aliphatic heterocycles. The Balaban J connectivity index is 1.50. The first-order chi connectivity index (χ1) is 13.0. The first-order valence-electron chi connectivity index (χ1n) is 7.95. The molecule has 0 bridgehead atoms. The second-order valence-corrected chi connectivity index (χ2v) is 5.43. The van der Waals surface area contributed by atoms with Crippen LogP contribution < -0.4 is 10.6 Å². The van der Waals surface area contributed by atoms with E-state index in [1.54, 1.807) is 6.07 Å². The van der Waals surface area contributed by atoms with Gasteiger partial charge in [0.15, 0.2) is 0 Å². The number of rotatable bonds is 6. The molecule has 9 heteroatoms. The minimum atomic E-state index is -0.662. The average Bonchev–Trinajstić information content (AvgIpc) is 3.15. The van der Waals surface area contributed by atoms with Crippen LogP contribution in [0.2, 0.25) is 0 Å². The van der Waals surface area contributed by atoms with Crippen LogP contribution in [0.15, 0.2) is 53.1 Å². The highest BCUT2D eigenvalue weighted by molar-refractivity contribution is 5.94. The summed E-state index contributed by atoms with van der Waals surface area (Å²) in [6, 6.07) is 11.1. The number of hydrogen-bond acceptors (Lipinski definition) is 5. The second-order valence-electron chi connectivity index (χ2n) is 5.43. The van der Waals surface area contributed by atoms with Crippen LogP contribution >= 0.6 is 0 Å². The number of benzene rings is 2. The maximum absolute atomic E-state index is 13.7. The summed E-state index contributed by atoms with van der Waals surface area (Å²) in [4.78, 5) is 27.7. The molecule has 0 radical (unpaired) electrons. The smallest absolute Gasteiger partial charge is 0.316 e. The number of nitrogens with one attached hydrogen (secondary N) is 2. The van der Waals surface area contributed by atoms with E-state index in [1.807, 2.05) is 0 Å². The number of aromatic nitrogens is 2. The highest BCUT2D eigenvalue weighted by atomic mass is 19.1. The Morgan fingerprint density at radius 1 is 0.963 bits per heavy atom. The van der Waals surface area contributed by atoms with Gasteiger partial charge < -0.3 is 15.2 Å². The Bertz CT molecular complexity index is 975. The van der Waals surface area contributed by atoms with Crippen LogP contribution in [0.25, 0.3) is 11.4 Å². The fourth-order valence-corrected chi connectivity index (χ4v) is 2.23. The molecule has 0 saturated carbocycles. The number of halogens is 2. The normalized spacial score (nSPS) is 10.4. The van der Waals surface area contributed by atoms with Crippen molar-refractivity contribution < 1.29 is 22.9 Å². The van der Waals surface area contributed by atoms with Gasteiger partial charge in [-0.05, 0) is 30.3 Å². The number of carbonyl (C=O) groups is 2. The van der Waals surface area contributed by atoms with Gasteiger partial charge in [0.1, 0.15) is 11.6 Å². The number of carbonyl (C=O) groups excluding carboxylic acids is 2. The van der Waals surface area contributed by atoms with Crippen molar-refractivity contribution in [3.05, 3.63) is 71.6 Å². The molecule has 0 aliphatic carbocycles. The zero-order chi connectivity index (χ0) is 19.2. The molecule has 138 valence electrons. The summed E-state index contributed by atoms with van der Waals surface area (Å²) in [5, 5.41) is 8.59. The standard InChI is InChI=1S/C18H14F2N4O3/c19-12-5-3-4-11(10-12)16(25)21-8-9-22-17(26)18-23-15(24-27-18)13-6-1-2-7-14(13)20/h1-7,10H,8-9H2,(H,21,25)(H,22,26). The molecule has 0 spiro atoms. The SMILES string of the molecule is O=C(NCCNC(=O)c1nc(-c2ccccc2F)no1)c1cccc(F)c1. The van der Waals surface area contributed by atoms with Crippen molar-refractivity contribution >= 4 is 11.8 Å². The summed E-state index contributed by atoms with van der Waals surface area (Å²) in [6.45, 7) is 0.187. The van der Waals surface area contributed by atoms with Gasteiger partial charge in [0.25, 0.3) is 5.91 Å². The average molecular weight is 372 g/mol. The molecule has 27 heavy (non-hydrogen) atoms. The summed E-state index contributed by atoms with van der Waals surface area (Å²) in [7, 11) is 0. The van der Waals surface area contributed by atoms with Gasteiger partial charge in [0.05, 0.1) is 5.56 Å². The summed E-state index contributed by atoms with van der Waals surface area (Å²) >= 11 is 0. The van der Waals surface area contributed by atoms with E-state index >= 15 is 0 Å². The summed E-state index contributed by atoms with van der Waals surface area (Å²) in [6.07, 6.45) is 0. The Hall–Kier alpha value is -3.62. The van der Waals surface area contributed by atoms with Crippen molar-refractivity contribution in [2.45, 2.75) is 0 Å². The van der Waals surface area contributed by atoms with E-state index in [4.69, 9.17) is 4.52 Å². The Kier molecular flexibility index (Phi) is 5.50. The third kappa shape index (κ3) is 4.51. The topological polar surface area (TPSA) is 97.1 Å². The van der Waals surface area contributed by atoms with Crippen LogP contribution in [0.5, 0.6) is 0 Å². The van der Waals surface area contributed by atoms with Crippen LogP contribution in [0.3, 0.4) is 0 Å². The van der Waals surface area contributed by atoms with Gasteiger partial charge in [-0.2, -0.15) is 4.98 Å². The monoisotopic (exact) mass is 372 g/mol. The highest BCUT2D eigenvalue weighted by Crippen LogP contribution is 2.18. The van der Waals surface area contributed by atoms with Gasteiger partial charge in [-0.1, -0.05) is 23.4 Å². The van der Waals surface area contributed by atoms with Gasteiger partial charge >= 0.3 is 11.8 Å². The molecule has 2 aromatic carbocycles. The summed E-state index contributed by atoms with van der Waals surface area (Å²) in [5.41, 5.74) is 0.287. The van der Waals surface area contributed by atoms with E-state index < -0.39 is 23.4 Å². The molecule has 2 amide bonds. The predicted octanol–water partition coefficient (Wildman–Crippen LogP) is 2.17. The first kappa shape index (κ1) is 18.2.